The number of pyridine rings is 2. The number of carbonyl (C=O) groups is 1. The lowest BCUT2D eigenvalue weighted by molar-refractivity contribution is -0.176. The predicted octanol–water partition coefficient (Wildman–Crippen LogP) is 4.15. The van der Waals surface area contributed by atoms with Crippen LogP contribution in [0.2, 0.25) is 0 Å². The molecule has 2 aromatic heterocycles. The molecule has 0 amide bonds. The molecule has 0 radical (unpaired) electrons. The molecule has 0 saturated carbocycles. The normalized spacial score (nSPS) is 21.6. The number of ether oxygens (including phenoxy) is 2. The van der Waals surface area contributed by atoms with Crippen molar-refractivity contribution in [3.05, 3.63) is 61.7 Å². The van der Waals surface area contributed by atoms with Crippen LogP contribution < -0.4 is 11.3 Å². The number of benzene rings is 1. The molecule has 35 heavy (non-hydrogen) atoms. The third-order valence-corrected chi connectivity index (χ3v) is 7.74. The Bertz CT molecular complexity index is 1460. The van der Waals surface area contributed by atoms with Crippen molar-refractivity contribution in [2.75, 3.05) is 7.11 Å². The second-order valence-corrected chi connectivity index (χ2v) is 9.13. The number of rotatable bonds is 2. The Morgan fingerprint density at radius 1 is 1.26 bits per heavy atom. The minimum absolute atomic E-state index is 0.0922. The maximum atomic E-state index is 14.7. The van der Waals surface area contributed by atoms with Gasteiger partial charge in [0, 0.05) is 35.7 Å². The van der Waals surface area contributed by atoms with E-state index in [0.717, 1.165) is 22.1 Å². The molecule has 8 heteroatoms. The first-order chi connectivity index (χ1) is 16.8. The highest BCUT2D eigenvalue weighted by atomic mass is 19.1. The summed E-state index contributed by atoms with van der Waals surface area (Å²) < 4.78 is 27.4. The quantitative estimate of drug-likeness (QED) is 0.434. The molecule has 1 aliphatic carbocycles. The minimum Gasteiger partial charge on any atom is -0.458 e. The van der Waals surface area contributed by atoms with E-state index < -0.39 is 11.6 Å². The summed E-state index contributed by atoms with van der Waals surface area (Å²) in [6.45, 7) is 7.85. The van der Waals surface area contributed by atoms with Crippen LogP contribution in [0.4, 0.5) is 4.39 Å². The Hall–Kier alpha value is -3.10. The number of nitrogens with two attached hydrogens (primary N) is 1. The third-order valence-electron chi connectivity index (χ3n) is 7.74. The van der Waals surface area contributed by atoms with Crippen molar-refractivity contribution in [2.45, 2.75) is 71.8 Å². The number of cyclic esters (lactones) is 1. The zero-order chi connectivity index (χ0) is 25.2. The maximum absolute atomic E-state index is 14.7. The molecule has 3 aromatic rings. The van der Waals surface area contributed by atoms with E-state index in [1.807, 2.05) is 26.8 Å². The van der Waals surface area contributed by atoms with E-state index >= 15 is 0 Å². The molecule has 7 nitrogen and oxygen atoms in total. The smallest absolute Gasteiger partial charge is 0.343 e. The van der Waals surface area contributed by atoms with Crippen molar-refractivity contribution in [3.8, 4) is 11.4 Å². The van der Waals surface area contributed by atoms with Crippen molar-refractivity contribution in [1.82, 2.24) is 9.55 Å². The van der Waals surface area contributed by atoms with Gasteiger partial charge in [0.25, 0.3) is 5.56 Å². The molecule has 2 unspecified atom stereocenters. The van der Waals surface area contributed by atoms with Gasteiger partial charge in [-0.15, -0.1) is 0 Å². The molecule has 0 spiro atoms. The van der Waals surface area contributed by atoms with Gasteiger partial charge in [-0.05, 0) is 48.9 Å². The highest BCUT2D eigenvalue weighted by Crippen LogP contribution is 2.45. The first-order valence-electron chi connectivity index (χ1n) is 12.2. The Balaban J connectivity index is 0.00000124. The zero-order valence-electron chi connectivity index (χ0n) is 20.8. The van der Waals surface area contributed by atoms with Gasteiger partial charge in [-0.1, -0.05) is 20.8 Å². The average Bonchev–Trinajstić information content (AvgIpc) is 3.23. The van der Waals surface area contributed by atoms with E-state index in [4.69, 9.17) is 20.2 Å². The number of esters is 1. The lowest BCUT2D eigenvalue weighted by Gasteiger charge is -2.35. The topological polar surface area (TPSA) is 96.4 Å². The molecular formula is C27H30FN3O4. The summed E-state index contributed by atoms with van der Waals surface area (Å²) in [5.41, 5.74) is 11.1. The standard InChI is InChI=1S/C25H24FN3O4.C2H6/c1-4-25(32-3)15-7-19-22-13(9-29(19)23(30)14(15)10-33-24(25)31)20-17(27)6-5-12-11(2)16(26)8-18(28-22)21(12)20;1-2/h7-8,17H,4-6,9-10,27H2,1-3H3;1-2H3. The number of carbonyl (C=O) groups excluding carboxylic acids is 1. The molecule has 2 atom stereocenters. The van der Waals surface area contributed by atoms with E-state index in [1.54, 1.807) is 11.5 Å². The molecule has 2 N–H and O–H groups in total. The van der Waals surface area contributed by atoms with Crippen LogP contribution >= 0.6 is 0 Å². The Morgan fingerprint density at radius 3 is 2.69 bits per heavy atom. The van der Waals surface area contributed by atoms with E-state index in [2.05, 4.69) is 0 Å². The second-order valence-electron chi connectivity index (χ2n) is 9.13. The van der Waals surface area contributed by atoms with Crippen LogP contribution in [-0.4, -0.2) is 22.6 Å². The summed E-state index contributed by atoms with van der Waals surface area (Å²) in [6.07, 6.45) is 1.72. The SMILES string of the molecule is CC.CCC1(OC)C(=O)OCc2c1cc1n(c2=O)Cc2c-1nc1cc(F)c(C)c3c1c2C(N)CC3. The number of hydrogen-bond donors (Lipinski definition) is 1. The lowest BCUT2D eigenvalue weighted by atomic mass is 9.82. The molecule has 0 saturated heterocycles. The van der Waals surface area contributed by atoms with E-state index in [-0.39, 0.29) is 24.0 Å². The van der Waals surface area contributed by atoms with Gasteiger partial charge in [-0.2, -0.15) is 0 Å². The van der Waals surface area contributed by atoms with Gasteiger partial charge in [0.15, 0.2) is 5.60 Å². The molecule has 2 aliphatic heterocycles. The van der Waals surface area contributed by atoms with Gasteiger partial charge >= 0.3 is 5.97 Å². The number of halogens is 1. The van der Waals surface area contributed by atoms with Crippen LogP contribution in [0.25, 0.3) is 22.3 Å². The fourth-order valence-electron chi connectivity index (χ4n) is 5.92. The van der Waals surface area contributed by atoms with Crippen LogP contribution in [0, 0.1) is 12.7 Å². The van der Waals surface area contributed by atoms with E-state index in [0.29, 0.717) is 59.4 Å². The summed E-state index contributed by atoms with van der Waals surface area (Å²) in [7, 11) is 1.44. The van der Waals surface area contributed by atoms with Crippen molar-refractivity contribution in [3.63, 3.8) is 0 Å². The molecular weight excluding hydrogens is 449 g/mol. The highest BCUT2D eigenvalue weighted by Gasteiger charge is 2.47. The zero-order valence-corrected chi connectivity index (χ0v) is 20.8. The van der Waals surface area contributed by atoms with Crippen LogP contribution in [0.3, 0.4) is 0 Å². The van der Waals surface area contributed by atoms with E-state index in [9.17, 15) is 14.0 Å². The Labute approximate surface area is 203 Å². The molecule has 1 aromatic carbocycles. The lowest BCUT2D eigenvalue weighted by Crippen LogP contribution is -2.45. The molecule has 6 rings (SSSR count). The largest absolute Gasteiger partial charge is 0.458 e. The summed E-state index contributed by atoms with van der Waals surface area (Å²) in [4.78, 5) is 31.1. The third kappa shape index (κ3) is 2.99. The van der Waals surface area contributed by atoms with Crippen molar-refractivity contribution in [1.29, 1.82) is 0 Å². The average molecular weight is 480 g/mol. The summed E-state index contributed by atoms with van der Waals surface area (Å²) >= 11 is 0. The second kappa shape index (κ2) is 8.24. The van der Waals surface area contributed by atoms with Gasteiger partial charge in [-0.3, -0.25) is 4.79 Å². The van der Waals surface area contributed by atoms with Crippen LogP contribution in [0.1, 0.15) is 73.0 Å². The van der Waals surface area contributed by atoms with Gasteiger partial charge < -0.3 is 19.8 Å². The summed E-state index contributed by atoms with van der Waals surface area (Å²) in [5, 5.41) is 0.912. The molecule has 3 aliphatic rings. The number of hydrogen-bond acceptors (Lipinski definition) is 6. The van der Waals surface area contributed by atoms with Crippen molar-refractivity contribution >= 4 is 16.9 Å². The molecule has 4 heterocycles. The van der Waals surface area contributed by atoms with Crippen molar-refractivity contribution in [2.24, 2.45) is 5.73 Å². The number of methoxy groups -OCH3 is 1. The van der Waals surface area contributed by atoms with E-state index in [1.165, 1.54) is 13.2 Å². The van der Waals surface area contributed by atoms with Crippen molar-refractivity contribution < 1.29 is 18.7 Å². The van der Waals surface area contributed by atoms with Gasteiger partial charge in [0.1, 0.15) is 12.4 Å². The molecule has 0 bridgehead atoms. The van der Waals surface area contributed by atoms with Gasteiger partial charge in [0.05, 0.1) is 29.0 Å². The monoisotopic (exact) mass is 479 g/mol. The predicted molar refractivity (Wildman–Crippen MR) is 131 cm³/mol. The van der Waals surface area contributed by atoms with Crippen LogP contribution in [-0.2, 0) is 39.4 Å². The number of aromatic nitrogens is 2. The van der Waals surface area contributed by atoms with Crippen LogP contribution in [0.15, 0.2) is 16.9 Å². The minimum atomic E-state index is -1.34. The first kappa shape index (κ1) is 23.6. The number of nitrogens with zero attached hydrogens (tertiary/aromatic N) is 2. The Morgan fingerprint density at radius 2 is 2.00 bits per heavy atom. The fourth-order valence-corrected chi connectivity index (χ4v) is 5.92. The molecule has 0 fully saturated rings. The summed E-state index contributed by atoms with van der Waals surface area (Å²) in [5.74, 6) is -0.798. The fraction of sp³-hybridized carbons (Fsp3) is 0.444. The maximum Gasteiger partial charge on any atom is 0.343 e. The number of aryl methyl sites for hydroxylation is 1. The number of fused-ring (bicyclic) bond motifs is 5. The Kier molecular flexibility index (Phi) is 5.56. The highest BCUT2D eigenvalue weighted by molar-refractivity contribution is 5.93. The van der Waals surface area contributed by atoms with Gasteiger partial charge in [-0.25, -0.2) is 14.2 Å². The van der Waals surface area contributed by atoms with Gasteiger partial charge in [0.2, 0.25) is 0 Å². The van der Waals surface area contributed by atoms with Crippen LogP contribution in [0.5, 0.6) is 0 Å². The first-order valence-corrected chi connectivity index (χ1v) is 12.2. The summed E-state index contributed by atoms with van der Waals surface area (Å²) in [6, 6.07) is 3.05. The molecule has 184 valence electrons.